The Morgan fingerprint density at radius 1 is 1.11 bits per heavy atom. The van der Waals surface area contributed by atoms with Crippen LogP contribution in [0, 0.1) is 0 Å². The van der Waals surface area contributed by atoms with Crippen LogP contribution in [0.15, 0.2) is 64.0 Å². The molecule has 3 aromatic rings. The first kappa shape index (κ1) is 25.4. The van der Waals surface area contributed by atoms with Crippen molar-refractivity contribution in [2.75, 3.05) is 13.1 Å². The van der Waals surface area contributed by atoms with Gasteiger partial charge in [0.25, 0.3) is 5.56 Å². The van der Waals surface area contributed by atoms with Crippen molar-refractivity contribution >= 4 is 34.3 Å². The number of aliphatic hydroxyl groups is 1. The van der Waals surface area contributed by atoms with Gasteiger partial charge in [-0.25, -0.2) is 4.99 Å². The van der Waals surface area contributed by atoms with Crippen LogP contribution in [0.5, 0.6) is 0 Å². The molecule has 1 unspecified atom stereocenters. The molecule has 0 fully saturated rings. The summed E-state index contributed by atoms with van der Waals surface area (Å²) in [6.07, 6.45) is 5.16. The van der Waals surface area contributed by atoms with Crippen LogP contribution in [0.2, 0.25) is 0 Å². The molecule has 1 atom stereocenters. The molecule has 7 nitrogen and oxygen atoms in total. The van der Waals surface area contributed by atoms with Crippen LogP contribution in [0.3, 0.4) is 0 Å². The SMILES string of the molecule is CCCN(CCC)C(=O)C1=Cc2ccc(-c3ccc4c(=O)n(CC(C)O)ccc4c3)cc2N=C(N)C1. The Hall–Kier alpha value is -3.71. The molecule has 1 aliphatic rings. The molecular weight excluding hydrogens is 452 g/mol. The van der Waals surface area contributed by atoms with Crippen molar-refractivity contribution in [2.24, 2.45) is 10.7 Å². The molecule has 0 bridgehead atoms. The van der Waals surface area contributed by atoms with Crippen molar-refractivity contribution in [3.05, 3.63) is 70.2 Å². The number of amides is 1. The standard InChI is InChI=1S/C29H34N4O3/c1-4-11-32(12-5-2)28(35)24-15-23-7-6-21(16-26(23)31-27(30)17-24)20-8-9-25-22(14-20)10-13-33(29(25)36)18-19(3)34/h6-10,13-16,19,34H,4-5,11-12,17-18H2,1-3H3,(H2,30,31). The van der Waals surface area contributed by atoms with E-state index >= 15 is 0 Å². The average Bonchev–Trinajstić information content (AvgIpc) is 3.02. The number of hydrogen-bond donors (Lipinski definition) is 2. The van der Waals surface area contributed by atoms with Crippen LogP contribution in [-0.4, -0.2) is 45.5 Å². The second kappa shape index (κ2) is 10.9. The third-order valence-corrected chi connectivity index (χ3v) is 6.32. The maximum atomic E-state index is 13.2. The second-order valence-corrected chi connectivity index (χ2v) is 9.44. The summed E-state index contributed by atoms with van der Waals surface area (Å²) in [5.41, 5.74) is 10.2. The predicted octanol–water partition coefficient (Wildman–Crippen LogP) is 4.47. The third kappa shape index (κ3) is 5.41. The molecule has 36 heavy (non-hydrogen) atoms. The first-order valence-corrected chi connectivity index (χ1v) is 12.6. The van der Waals surface area contributed by atoms with Gasteiger partial charge in [0.1, 0.15) is 5.84 Å². The number of aliphatic hydroxyl groups excluding tert-OH is 1. The number of rotatable bonds is 8. The maximum absolute atomic E-state index is 13.2. The van der Waals surface area contributed by atoms with Gasteiger partial charge < -0.3 is 20.3 Å². The van der Waals surface area contributed by atoms with Gasteiger partial charge in [0.05, 0.1) is 18.3 Å². The number of hydrogen-bond acceptors (Lipinski definition) is 5. The highest BCUT2D eigenvalue weighted by molar-refractivity contribution is 6.05. The zero-order chi connectivity index (χ0) is 25.8. The average molecular weight is 487 g/mol. The highest BCUT2D eigenvalue weighted by atomic mass is 16.3. The van der Waals surface area contributed by atoms with Gasteiger partial charge in [-0.2, -0.15) is 0 Å². The number of nitrogens with two attached hydrogens (primary N) is 1. The van der Waals surface area contributed by atoms with Crippen LogP contribution in [0.25, 0.3) is 28.0 Å². The number of benzene rings is 2. The number of carbonyl (C=O) groups is 1. The fourth-order valence-corrected chi connectivity index (χ4v) is 4.66. The van der Waals surface area contributed by atoms with E-state index in [2.05, 4.69) is 18.8 Å². The first-order chi connectivity index (χ1) is 17.3. The van der Waals surface area contributed by atoms with Crippen molar-refractivity contribution in [3.8, 4) is 11.1 Å². The molecule has 2 heterocycles. The number of fused-ring (bicyclic) bond motifs is 2. The molecule has 7 heteroatoms. The van der Waals surface area contributed by atoms with Crippen LogP contribution in [0.4, 0.5) is 5.69 Å². The fourth-order valence-electron chi connectivity index (χ4n) is 4.66. The Kier molecular flexibility index (Phi) is 7.70. The Morgan fingerprint density at radius 3 is 2.50 bits per heavy atom. The quantitative estimate of drug-likeness (QED) is 0.490. The number of nitrogens with zero attached hydrogens (tertiary/aromatic N) is 3. The Morgan fingerprint density at radius 2 is 1.81 bits per heavy atom. The van der Waals surface area contributed by atoms with E-state index in [4.69, 9.17) is 5.73 Å². The van der Waals surface area contributed by atoms with E-state index in [1.54, 1.807) is 13.1 Å². The van der Waals surface area contributed by atoms with E-state index in [0.29, 0.717) is 23.2 Å². The molecule has 1 amide bonds. The molecular formula is C29H34N4O3. The molecule has 1 aliphatic heterocycles. The zero-order valence-electron chi connectivity index (χ0n) is 21.2. The molecule has 0 saturated heterocycles. The second-order valence-electron chi connectivity index (χ2n) is 9.44. The summed E-state index contributed by atoms with van der Waals surface area (Å²) in [5, 5.41) is 11.1. The molecule has 3 N–H and O–H groups in total. The van der Waals surface area contributed by atoms with Crippen molar-refractivity contribution in [3.63, 3.8) is 0 Å². The molecule has 4 rings (SSSR count). The van der Waals surface area contributed by atoms with Crippen molar-refractivity contribution in [1.82, 2.24) is 9.47 Å². The third-order valence-electron chi connectivity index (χ3n) is 6.32. The monoisotopic (exact) mass is 486 g/mol. The van der Waals surface area contributed by atoms with Crippen molar-refractivity contribution in [1.29, 1.82) is 0 Å². The molecule has 188 valence electrons. The minimum absolute atomic E-state index is 0.0181. The van der Waals surface area contributed by atoms with E-state index in [-0.39, 0.29) is 18.0 Å². The van der Waals surface area contributed by atoms with Crippen LogP contribution >= 0.6 is 0 Å². The van der Waals surface area contributed by atoms with Crippen molar-refractivity contribution in [2.45, 2.75) is 52.7 Å². The summed E-state index contributed by atoms with van der Waals surface area (Å²) in [7, 11) is 0. The molecule has 0 spiro atoms. The van der Waals surface area contributed by atoms with Gasteiger partial charge in [-0.3, -0.25) is 9.59 Å². The fraction of sp³-hybridized carbons (Fsp3) is 0.345. The van der Waals surface area contributed by atoms with Gasteiger partial charge in [-0.15, -0.1) is 0 Å². The topological polar surface area (TPSA) is 101 Å². The zero-order valence-corrected chi connectivity index (χ0v) is 21.2. The maximum Gasteiger partial charge on any atom is 0.258 e. The number of amidine groups is 1. The number of aliphatic imine (C=N–C) groups is 1. The summed E-state index contributed by atoms with van der Waals surface area (Å²) in [6.45, 7) is 7.50. The molecule has 0 aliphatic carbocycles. The van der Waals surface area contributed by atoms with E-state index in [0.717, 1.165) is 53.7 Å². The van der Waals surface area contributed by atoms with Gasteiger partial charge in [0.2, 0.25) is 5.91 Å². The Labute approximate surface area is 211 Å². The number of pyridine rings is 1. The van der Waals surface area contributed by atoms with Gasteiger partial charge in [-0.05, 0) is 66.6 Å². The Balaban J connectivity index is 1.69. The molecule has 0 radical (unpaired) electrons. The van der Waals surface area contributed by atoms with Crippen LogP contribution in [0.1, 0.15) is 45.6 Å². The van der Waals surface area contributed by atoms with Gasteiger partial charge in [0.15, 0.2) is 0 Å². The smallest absolute Gasteiger partial charge is 0.258 e. The van der Waals surface area contributed by atoms with E-state index in [9.17, 15) is 14.7 Å². The van der Waals surface area contributed by atoms with Gasteiger partial charge >= 0.3 is 0 Å². The minimum atomic E-state index is -0.599. The highest BCUT2D eigenvalue weighted by Crippen LogP contribution is 2.33. The van der Waals surface area contributed by atoms with Gasteiger partial charge in [0, 0.05) is 42.2 Å². The van der Waals surface area contributed by atoms with Crippen LogP contribution < -0.4 is 11.3 Å². The highest BCUT2D eigenvalue weighted by Gasteiger charge is 2.21. The summed E-state index contributed by atoms with van der Waals surface area (Å²) in [4.78, 5) is 32.5. The summed E-state index contributed by atoms with van der Waals surface area (Å²) in [5.74, 6) is 0.431. The van der Waals surface area contributed by atoms with E-state index in [1.165, 1.54) is 4.57 Å². The van der Waals surface area contributed by atoms with E-state index < -0.39 is 6.10 Å². The molecule has 1 aromatic heterocycles. The lowest BCUT2D eigenvalue weighted by molar-refractivity contribution is -0.127. The lowest BCUT2D eigenvalue weighted by atomic mass is 9.99. The molecule has 0 saturated carbocycles. The summed E-state index contributed by atoms with van der Waals surface area (Å²) in [6, 6.07) is 13.5. The number of aromatic nitrogens is 1. The lowest BCUT2D eigenvalue weighted by Crippen LogP contribution is -2.34. The van der Waals surface area contributed by atoms with Crippen molar-refractivity contribution < 1.29 is 9.90 Å². The van der Waals surface area contributed by atoms with E-state index in [1.807, 2.05) is 53.4 Å². The normalized spacial score (nSPS) is 14.0. The lowest BCUT2D eigenvalue weighted by Gasteiger charge is -2.22. The Bertz CT molecular complexity index is 1400. The van der Waals surface area contributed by atoms with Crippen LogP contribution in [-0.2, 0) is 11.3 Å². The predicted molar refractivity (Wildman–Crippen MR) is 146 cm³/mol. The largest absolute Gasteiger partial charge is 0.392 e. The molecule has 2 aromatic carbocycles. The summed E-state index contributed by atoms with van der Waals surface area (Å²) >= 11 is 0. The first-order valence-electron chi connectivity index (χ1n) is 12.6. The number of carbonyl (C=O) groups excluding carboxylic acids is 1. The summed E-state index contributed by atoms with van der Waals surface area (Å²) < 4.78 is 1.53. The minimum Gasteiger partial charge on any atom is -0.392 e. The van der Waals surface area contributed by atoms with Gasteiger partial charge in [-0.1, -0.05) is 32.0 Å².